The largest absolute Gasteiger partial charge is 0.345 e. The van der Waals surface area contributed by atoms with Crippen molar-refractivity contribution in [3.05, 3.63) is 64.1 Å². The summed E-state index contributed by atoms with van der Waals surface area (Å²) in [6, 6.07) is 8.03. The van der Waals surface area contributed by atoms with Crippen LogP contribution in [0.15, 0.2) is 47.2 Å². The summed E-state index contributed by atoms with van der Waals surface area (Å²) in [6.45, 7) is 1.84. The fourth-order valence-corrected chi connectivity index (χ4v) is 2.06. The molecule has 0 spiro atoms. The molecule has 1 heterocycles. The molecule has 98 valence electrons. The Morgan fingerprint density at radius 2 is 2.00 bits per heavy atom. The monoisotopic (exact) mass is 322 g/mol. The standard InChI is InChI=1S/C14H12BrFN2O/c1-9(10-5-7-17-8-6-10)18-14(19)11-3-2-4-12(15)13(11)16/h2-9H,1H3,(H,18,19). The molecule has 0 saturated heterocycles. The molecule has 0 aliphatic carbocycles. The highest BCUT2D eigenvalue weighted by Crippen LogP contribution is 2.19. The lowest BCUT2D eigenvalue weighted by molar-refractivity contribution is 0.0935. The van der Waals surface area contributed by atoms with E-state index < -0.39 is 11.7 Å². The molecule has 2 aromatic rings. The first-order valence-corrected chi connectivity index (χ1v) is 6.53. The van der Waals surface area contributed by atoms with Crippen molar-refractivity contribution in [1.82, 2.24) is 10.3 Å². The summed E-state index contributed by atoms with van der Waals surface area (Å²) in [4.78, 5) is 15.9. The van der Waals surface area contributed by atoms with Gasteiger partial charge >= 0.3 is 0 Å². The Hall–Kier alpha value is -1.75. The van der Waals surface area contributed by atoms with E-state index in [0.717, 1.165) is 5.56 Å². The average molecular weight is 323 g/mol. The maximum absolute atomic E-state index is 13.8. The van der Waals surface area contributed by atoms with Gasteiger partial charge in [0, 0.05) is 12.4 Å². The molecule has 0 aliphatic heterocycles. The van der Waals surface area contributed by atoms with Gasteiger partial charge < -0.3 is 5.32 Å². The van der Waals surface area contributed by atoms with Gasteiger partial charge in [0.1, 0.15) is 5.82 Å². The number of benzene rings is 1. The second-order valence-electron chi connectivity index (χ2n) is 4.08. The van der Waals surface area contributed by atoms with Crippen molar-refractivity contribution in [3.8, 4) is 0 Å². The van der Waals surface area contributed by atoms with E-state index in [1.54, 1.807) is 24.5 Å². The third-order valence-electron chi connectivity index (χ3n) is 2.75. The molecular weight excluding hydrogens is 311 g/mol. The molecule has 0 fully saturated rings. The molecule has 3 nitrogen and oxygen atoms in total. The van der Waals surface area contributed by atoms with Crippen molar-refractivity contribution in [2.45, 2.75) is 13.0 Å². The highest BCUT2D eigenvalue weighted by molar-refractivity contribution is 9.10. The van der Waals surface area contributed by atoms with Crippen molar-refractivity contribution in [3.63, 3.8) is 0 Å². The molecule has 2 rings (SSSR count). The SMILES string of the molecule is CC(NC(=O)c1cccc(Br)c1F)c1ccncc1. The van der Waals surface area contributed by atoms with Gasteiger partial charge in [0.25, 0.3) is 5.91 Å². The number of aromatic nitrogens is 1. The van der Waals surface area contributed by atoms with Crippen molar-refractivity contribution < 1.29 is 9.18 Å². The van der Waals surface area contributed by atoms with Gasteiger partial charge in [-0.2, -0.15) is 0 Å². The molecule has 0 aliphatic rings. The summed E-state index contributed by atoms with van der Waals surface area (Å²) in [6.07, 6.45) is 3.30. The van der Waals surface area contributed by atoms with Crippen LogP contribution in [-0.4, -0.2) is 10.9 Å². The highest BCUT2D eigenvalue weighted by Gasteiger charge is 2.16. The minimum Gasteiger partial charge on any atom is -0.345 e. The molecule has 1 atom stereocenters. The topological polar surface area (TPSA) is 42.0 Å². The van der Waals surface area contributed by atoms with Crippen LogP contribution in [0, 0.1) is 5.82 Å². The number of amides is 1. The summed E-state index contributed by atoms with van der Waals surface area (Å²) >= 11 is 3.06. The zero-order chi connectivity index (χ0) is 13.8. The number of nitrogens with zero attached hydrogens (tertiary/aromatic N) is 1. The minimum atomic E-state index is -0.554. The number of rotatable bonds is 3. The van der Waals surface area contributed by atoms with Gasteiger partial charge in [0.15, 0.2) is 0 Å². The van der Waals surface area contributed by atoms with Crippen LogP contribution in [0.3, 0.4) is 0 Å². The molecule has 1 unspecified atom stereocenters. The Balaban J connectivity index is 2.16. The Morgan fingerprint density at radius 3 is 2.68 bits per heavy atom. The fraction of sp³-hybridized carbons (Fsp3) is 0.143. The van der Waals surface area contributed by atoms with E-state index in [0.29, 0.717) is 0 Å². The van der Waals surface area contributed by atoms with Gasteiger partial charge in [0.05, 0.1) is 16.1 Å². The second-order valence-corrected chi connectivity index (χ2v) is 4.93. The number of hydrogen-bond donors (Lipinski definition) is 1. The zero-order valence-electron chi connectivity index (χ0n) is 10.2. The van der Waals surface area contributed by atoms with Crippen LogP contribution in [0.5, 0.6) is 0 Å². The minimum absolute atomic E-state index is 0.0234. The van der Waals surface area contributed by atoms with Crippen LogP contribution in [0.25, 0.3) is 0 Å². The number of hydrogen-bond acceptors (Lipinski definition) is 2. The Labute approximate surface area is 119 Å². The Kier molecular flexibility index (Phi) is 4.27. The third kappa shape index (κ3) is 3.17. The van der Waals surface area contributed by atoms with E-state index in [1.807, 2.05) is 19.1 Å². The van der Waals surface area contributed by atoms with Gasteiger partial charge in [-0.05, 0) is 52.7 Å². The summed E-state index contributed by atoms with van der Waals surface area (Å²) in [7, 11) is 0. The summed E-state index contributed by atoms with van der Waals surface area (Å²) in [5.41, 5.74) is 0.939. The van der Waals surface area contributed by atoms with E-state index >= 15 is 0 Å². The van der Waals surface area contributed by atoms with E-state index in [1.165, 1.54) is 6.07 Å². The zero-order valence-corrected chi connectivity index (χ0v) is 11.8. The quantitative estimate of drug-likeness (QED) is 0.940. The van der Waals surface area contributed by atoms with E-state index in [-0.39, 0.29) is 16.1 Å². The van der Waals surface area contributed by atoms with E-state index in [9.17, 15) is 9.18 Å². The summed E-state index contributed by atoms with van der Waals surface area (Å²) in [5.74, 6) is -0.995. The first kappa shape index (κ1) is 13.7. The molecule has 1 amide bonds. The van der Waals surface area contributed by atoms with Gasteiger partial charge in [0.2, 0.25) is 0 Å². The van der Waals surface area contributed by atoms with E-state index in [2.05, 4.69) is 26.2 Å². The number of carbonyl (C=O) groups is 1. The Morgan fingerprint density at radius 1 is 1.32 bits per heavy atom. The predicted octanol–water partition coefficient (Wildman–Crippen LogP) is 3.47. The smallest absolute Gasteiger partial charge is 0.254 e. The van der Waals surface area contributed by atoms with Gasteiger partial charge in [-0.1, -0.05) is 6.07 Å². The number of nitrogens with one attached hydrogen (secondary N) is 1. The summed E-state index contributed by atoms with van der Waals surface area (Å²) in [5, 5.41) is 2.75. The molecule has 1 N–H and O–H groups in total. The van der Waals surface area contributed by atoms with Crippen molar-refractivity contribution >= 4 is 21.8 Å². The average Bonchev–Trinajstić information content (AvgIpc) is 2.42. The van der Waals surface area contributed by atoms with Gasteiger partial charge in [-0.3, -0.25) is 9.78 Å². The lowest BCUT2D eigenvalue weighted by Gasteiger charge is -2.14. The van der Waals surface area contributed by atoms with Crippen molar-refractivity contribution in [2.75, 3.05) is 0 Å². The molecule has 0 saturated carbocycles. The molecule has 1 aromatic carbocycles. The van der Waals surface area contributed by atoms with Crippen LogP contribution < -0.4 is 5.32 Å². The van der Waals surface area contributed by atoms with E-state index in [4.69, 9.17) is 0 Å². The normalized spacial score (nSPS) is 11.9. The first-order chi connectivity index (χ1) is 9.09. The maximum atomic E-state index is 13.8. The molecule has 19 heavy (non-hydrogen) atoms. The number of pyridine rings is 1. The first-order valence-electron chi connectivity index (χ1n) is 5.74. The van der Waals surface area contributed by atoms with Crippen LogP contribution in [0.1, 0.15) is 28.9 Å². The molecule has 5 heteroatoms. The van der Waals surface area contributed by atoms with Gasteiger partial charge in [-0.25, -0.2) is 4.39 Å². The molecule has 0 bridgehead atoms. The fourth-order valence-electron chi connectivity index (χ4n) is 1.69. The maximum Gasteiger partial charge on any atom is 0.254 e. The summed E-state index contributed by atoms with van der Waals surface area (Å²) < 4.78 is 14.1. The Bertz CT molecular complexity index is 589. The molecule has 0 radical (unpaired) electrons. The van der Waals surface area contributed by atoms with Crippen LogP contribution in [-0.2, 0) is 0 Å². The second kappa shape index (κ2) is 5.93. The molecule has 1 aromatic heterocycles. The highest BCUT2D eigenvalue weighted by atomic mass is 79.9. The predicted molar refractivity (Wildman–Crippen MR) is 74.2 cm³/mol. The van der Waals surface area contributed by atoms with Crippen LogP contribution in [0.2, 0.25) is 0 Å². The number of carbonyl (C=O) groups excluding carboxylic acids is 1. The lowest BCUT2D eigenvalue weighted by Crippen LogP contribution is -2.27. The number of halogens is 2. The van der Waals surface area contributed by atoms with Gasteiger partial charge in [-0.15, -0.1) is 0 Å². The van der Waals surface area contributed by atoms with Crippen LogP contribution in [0.4, 0.5) is 4.39 Å². The molecular formula is C14H12BrFN2O. The van der Waals surface area contributed by atoms with Crippen molar-refractivity contribution in [2.24, 2.45) is 0 Å². The van der Waals surface area contributed by atoms with Crippen LogP contribution >= 0.6 is 15.9 Å². The van der Waals surface area contributed by atoms with Crippen molar-refractivity contribution in [1.29, 1.82) is 0 Å². The third-order valence-corrected chi connectivity index (χ3v) is 3.36. The lowest BCUT2D eigenvalue weighted by atomic mass is 10.1.